The van der Waals surface area contributed by atoms with E-state index in [1.165, 1.54) is 6.26 Å². The van der Waals surface area contributed by atoms with Crippen LogP contribution in [0.5, 0.6) is 0 Å². The molecule has 4 nitrogen and oxygen atoms in total. The van der Waals surface area contributed by atoms with Gasteiger partial charge in [0, 0.05) is 0 Å². The lowest BCUT2D eigenvalue weighted by molar-refractivity contribution is 0.380. The van der Waals surface area contributed by atoms with E-state index < -0.39 is 46.4 Å². The van der Waals surface area contributed by atoms with E-state index in [4.69, 9.17) is 5.73 Å². The largest absolute Gasteiger partial charge is 0.368 e. The molecular weight excluding hydrogens is 303 g/mol. The third-order valence-electron chi connectivity index (χ3n) is 2.25. The standard InChI is InChI=1S/C10H5F5N4S/c1-20-10-18-8(17-9(16)19-10)2-3(11)5(13)7(15)6(14)4(2)12/h1H3,(H2,16,17,18,19). The van der Waals surface area contributed by atoms with E-state index in [0.29, 0.717) is 0 Å². The van der Waals surface area contributed by atoms with Gasteiger partial charge in [-0.05, 0) is 6.26 Å². The minimum Gasteiger partial charge on any atom is -0.368 e. The molecule has 0 radical (unpaired) electrons. The number of nitrogens with zero attached hydrogens (tertiary/aromatic N) is 3. The second kappa shape index (κ2) is 5.19. The lowest BCUT2D eigenvalue weighted by atomic mass is 10.1. The van der Waals surface area contributed by atoms with Crippen LogP contribution in [0.3, 0.4) is 0 Å². The molecule has 0 amide bonds. The van der Waals surface area contributed by atoms with Crippen molar-refractivity contribution in [3.63, 3.8) is 0 Å². The normalized spacial score (nSPS) is 10.9. The Labute approximate surface area is 113 Å². The highest BCUT2D eigenvalue weighted by molar-refractivity contribution is 7.98. The zero-order valence-electron chi connectivity index (χ0n) is 9.72. The van der Waals surface area contributed by atoms with Gasteiger partial charge in [-0.1, -0.05) is 11.8 Å². The van der Waals surface area contributed by atoms with Gasteiger partial charge >= 0.3 is 0 Å². The molecule has 1 aromatic carbocycles. The van der Waals surface area contributed by atoms with Crippen molar-refractivity contribution in [2.24, 2.45) is 0 Å². The van der Waals surface area contributed by atoms with Crippen LogP contribution in [0.15, 0.2) is 5.16 Å². The molecule has 0 bridgehead atoms. The van der Waals surface area contributed by atoms with Crippen LogP contribution in [0, 0.1) is 29.1 Å². The molecule has 0 aliphatic heterocycles. The summed E-state index contributed by atoms with van der Waals surface area (Å²) in [7, 11) is 0. The molecule has 2 aromatic rings. The summed E-state index contributed by atoms with van der Waals surface area (Å²) in [5.41, 5.74) is 4.05. The summed E-state index contributed by atoms with van der Waals surface area (Å²) in [6.45, 7) is 0. The van der Waals surface area contributed by atoms with E-state index in [0.717, 1.165) is 11.8 Å². The van der Waals surface area contributed by atoms with E-state index in [2.05, 4.69) is 15.0 Å². The second-order valence-corrected chi connectivity index (χ2v) is 4.22. The Morgan fingerprint density at radius 3 is 1.80 bits per heavy atom. The van der Waals surface area contributed by atoms with Crippen LogP contribution in [-0.4, -0.2) is 21.2 Å². The molecule has 2 N–H and O–H groups in total. The number of aromatic nitrogens is 3. The number of benzene rings is 1. The van der Waals surface area contributed by atoms with Crippen molar-refractivity contribution in [1.29, 1.82) is 0 Å². The van der Waals surface area contributed by atoms with Crippen molar-refractivity contribution < 1.29 is 22.0 Å². The number of hydrogen-bond donors (Lipinski definition) is 1. The summed E-state index contributed by atoms with van der Waals surface area (Å²) in [4.78, 5) is 10.6. The molecule has 0 unspecified atom stereocenters. The van der Waals surface area contributed by atoms with Gasteiger partial charge in [-0.2, -0.15) is 9.97 Å². The van der Waals surface area contributed by atoms with Gasteiger partial charge in [0.1, 0.15) is 0 Å². The van der Waals surface area contributed by atoms with Crippen molar-refractivity contribution in [3.05, 3.63) is 29.1 Å². The smallest absolute Gasteiger partial charge is 0.224 e. The summed E-state index contributed by atoms with van der Waals surface area (Å²) < 4.78 is 66.3. The number of hydrogen-bond acceptors (Lipinski definition) is 5. The predicted octanol–water partition coefficient (Wildman–Crippen LogP) is 2.54. The molecule has 0 saturated carbocycles. The molecule has 10 heteroatoms. The Balaban J connectivity index is 2.79. The molecule has 1 heterocycles. The van der Waals surface area contributed by atoms with Crippen LogP contribution in [0.2, 0.25) is 0 Å². The fraction of sp³-hybridized carbons (Fsp3) is 0.100. The topological polar surface area (TPSA) is 64.7 Å². The first-order chi connectivity index (χ1) is 9.36. The number of thioether (sulfide) groups is 1. The first-order valence-corrected chi connectivity index (χ1v) is 6.16. The minimum atomic E-state index is -2.25. The maximum Gasteiger partial charge on any atom is 0.224 e. The number of rotatable bonds is 2. The van der Waals surface area contributed by atoms with Crippen molar-refractivity contribution in [3.8, 4) is 11.4 Å². The summed E-state index contributed by atoms with van der Waals surface area (Å²) in [6, 6.07) is 0. The molecule has 0 fully saturated rings. The van der Waals surface area contributed by atoms with Crippen LogP contribution in [0.1, 0.15) is 0 Å². The lowest BCUT2D eigenvalue weighted by Crippen LogP contribution is -2.08. The van der Waals surface area contributed by atoms with Gasteiger partial charge in [0.15, 0.2) is 34.2 Å². The highest BCUT2D eigenvalue weighted by Gasteiger charge is 2.28. The molecule has 0 spiro atoms. The Morgan fingerprint density at radius 1 is 0.800 bits per heavy atom. The molecular formula is C10H5F5N4S. The Kier molecular flexibility index (Phi) is 3.75. The third kappa shape index (κ3) is 2.26. The molecule has 0 aliphatic rings. The molecule has 106 valence electrons. The quantitative estimate of drug-likeness (QED) is 0.400. The van der Waals surface area contributed by atoms with Crippen LogP contribution in [0.25, 0.3) is 11.4 Å². The number of halogens is 5. The highest BCUT2D eigenvalue weighted by atomic mass is 32.2. The summed E-state index contributed by atoms with van der Waals surface area (Å²) in [5, 5.41) is -0.0172. The number of nitrogen functional groups attached to an aromatic ring is 1. The maximum absolute atomic E-state index is 13.6. The van der Waals surface area contributed by atoms with E-state index in [9.17, 15) is 22.0 Å². The molecule has 20 heavy (non-hydrogen) atoms. The van der Waals surface area contributed by atoms with Gasteiger partial charge in [-0.15, -0.1) is 0 Å². The Morgan fingerprint density at radius 2 is 1.30 bits per heavy atom. The zero-order chi connectivity index (χ0) is 15.0. The molecule has 0 atom stereocenters. The van der Waals surface area contributed by atoms with Crippen LogP contribution < -0.4 is 5.73 Å². The molecule has 0 aliphatic carbocycles. The first kappa shape index (κ1) is 14.4. The van der Waals surface area contributed by atoms with E-state index >= 15 is 0 Å². The predicted molar refractivity (Wildman–Crippen MR) is 61.2 cm³/mol. The van der Waals surface area contributed by atoms with Crippen LogP contribution in [-0.2, 0) is 0 Å². The van der Waals surface area contributed by atoms with E-state index in [1.807, 2.05) is 0 Å². The summed E-state index contributed by atoms with van der Waals surface area (Å²) in [6.07, 6.45) is 1.54. The highest BCUT2D eigenvalue weighted by Crippen LogP contribution is 2.30. The number of anilines is 1. The van der Waals surface area contributed by atoms with Crippen molar-refractivity contribution >= 4 is 17.7 Å². The van der Waals surface area contributed by atoms with Gasteiger partial charge in [0.05, 0.1) is 5.56 Å². The fourth-order valence-corrected chi connectivity index (χ4v) is 1.74. The fourth-order valence-electron chi connectivity index (χ4n) is 1.38. The van der Waals surface area contributed by atoms with Gasteiger partial charge in [-0.25, -0.2) is 26.9 Å². The van der Waals surface area contributed by atoms with Gasteiger partial charge in [0.2, 0.25) is 11.8 Å². The van der Waals surface area contributed by atoms with Crippen LogP contribution in [0.4, 0.5) is 27.9 Å². The second-order valence-electron chi connectivity index (χ2n) is 3.45. The average molecular weight is 308 g/mol. The van der Waals surface area contributed by atoms with Gasteiger partial charge in [0.25, 0.3) is 0 Å². The average Bonchev–Trinajstić information content (AvgIpc) is 2.42. The van der Waals surface area contributed by atoms with Crippen LogP contribution >= 0.6 is 11.8 Å². The third-order valence-corrected chi connectivity index (χ3v) is 2.80. The molecule has 2 rings (SSSR count). The minimum absolute atomic E-state index is 0.0172. The van der Waals surface area contributed by atoms with Crippen molar-refractivity contribution in [2.45, 2.75) is 5.16 Å². The van der Waals surface area contributed by atoms with E-state index in [-0.39, 0.29) is 5.16 Å². The Hall–Kier alpha value is -1.97. The first-order valence-electron chi connectivity index (χ1n) is 4.94. The van der Waals surface area contributed by atoms with E-state index in [1.54, 1.807) is 0 Å². The SMILES string of the molecule is CSc1nc(N)nc(-c2c(F)c(F)c(F)c(F)c2F)n1. The summed E-state index contributed by atoms with van der Waals surface area (Å²) >= 11 is 0.966. The summed E-state index contributed by atoms with van der Waals surface area (Å²) in [5.74, 6) is -11.6. The monoisotopic (exact) mass is 308 g/mol. The molecule has 1 aromatic heterocycles. The zero-order valence-corrected chi connectivity index (χ0v) is 10.5. The van der Waals surface area contributed by atoms with Crippen molar-refractivity contribution in [2.75, 3.05) is 12.0 Å². The van der Waals surface area contributed by atoms with Gasteiger partial charge < -0.3 is 5.73 Å². The number of nitrogens with two attached hydrogens (primary N) is 1. The maximum atomic E-state index is 13.6. The van der Waals surface area contributed by atoms with Gasteiger partial charge in [-0.3, -0.25) is 0 Å². The Bertz CT molecular complexity index is 665. The van der Waals surface area contributed by atoms with Crippen molar-refractivity contribution in [1.82, 2.24) is 15.0 Å². The lowest BCUT2D eigenvalue weighted by Gasteiger charge is -2.08. The molecule has 0 saturated heterocycles.